The second kappa shape index (κ2) is 7.70. The van der Waals surface area contributed by atoms with E-state index >= 15 is 0 Å². The van der Waals surface area contributed by atoms with Crippen molar-refractivity contribution in [1.82, 2.24) is 5.32 Å². The van der Waals surface area contributed by atoms with Crippen LogP contribution in [0.2, 0.25) is 0 Å². The first-order valence-corrected chi connectivity index (χ1v) is 8.80. The summed E-state index contributed by atoms with van der Waals surface area (Å²) in [5.41, 5.74) is 2.80. The average molecular weight is 339 g/mol. The Bertz CT molecular complexity index is 735. The fraction of sp³-hybridized carbons (Fsp3) is 0.381. The molecule has 0 aromatic heterocycles. The van der Waals surface area contributed by atoms with E-state index in [0.717, 1.165) is 17.9 Å². The van der Waals surface area contributed by atoms with Gasteiger partial charge < -0.3 is 15.2 Å². The van der Waals surface area contributed by atoms with Crippen LogP contribution < -0.4 is 10.1 Å². The number of methoxy groups -OCH3 is 1. The molecule has 2 aromatic carbocycles. The normalized spacial score (nSPS) is 15.9. The van der Waals surface area contributed by atoms with Gasteiger partial charge in [0.25, 0.3) is 0 Å². The zero-order valence-corrected chi connectivity index (χ0v) is 14.6. The molecule has 1 aliphatic carbocycles. The van der Waals surface area contributed by atoms with E-state index in [1.165, 1.54) is 31.2 Å². The molecular weight excluding hydrogens is 314 g/mol. The number of benzene rings is 2. The number of hydrogen-bond acceptors (Lipinski definition) is 3. The summed E-state index contributed by atoms with van der Waals surface area (Å²) in [6.07, 6.45) is 4.82. The van der Waals surface area contributed by atoms with E-state index in [0.29, 0.717) is 12.1 Å². The van der Waals surface area contributed by atoms with Crippen molar-refractivity contribution < 1.29 is 14.6 Å². The van der Waals surface area contributed by atoms with Gasteiger partial charge in [-0.2, -0.15) is 0 Å². The summed E-state index contributed by atoms with van der Waals surface area (Å²) in [5, 5.41) is 12.7. The van der Waals surface area contributed by atoms with Gasteiger partial charge in [0.2, 0.25) is 0 Å². The highest BCUT2D eigenvalue weighted by Gasteiger charge is 2.35. The van der Waals surface area contributed by atoms with Crippen LogP contribution in [-0.4, -0.2) is 24.7 Å². The fourth-order valence-electron chi connectivity index (χ4n) is 3.83. The zero-order chi connectivity index (χ0) is 17.7. The van der Waals surface area contributed by atoms with Crippen LogP contribution >= 0.6 is 0 Å². The van der Waals surface area contributed by atoms with E-state index in [-0.39, 0.29) is 5.41 Å². The molecule has 3 rings (SSSR count). The lowest BCUT2D eigenvalue weighted by molar-refractivity contribution is 0.0696. The molecule has 0 amide bonds. The van der Waals surface area contributed by atoms with Gasteiger partial charge in [-0.25, -0.2) is 4.79 Å². The number of rotatable bonds is 7. The number of carboxylic acid groups (broad SMARTS) is 1. The Balaban J connectivity index is 1.70. The van der Waals surface area contributed by atoms with Gasteiger partial charge in [-0.1, -0.05) is 37.1 Å². The van der Waals surface area contributed by atoms with Crippen LogP contribution in [0.4, 0.5) is 0 Å². The molecule has 0 heterocycles. The lowest BCUT2D eigenvalue weighted by atomic mass is 9.78. The smallest absolute Gasteiger partial charge is 0.335 e. The summed E-state index contributed by atoms with van der Waals surface area (Å²) in [6.45, 7) is 1.56. The standard InChI is InChI=1S/C21H25NO3/c1-25-19-9-5-8-18(13-19)21(10-2-3-11-21)15-22-14-16-6-4-7-17(12-16)20(23)24/h4-9,12-13,22H,2-3,10-11,14-15H2,1H3,(H,23,24). The Hall–Kier alpha value is -2.33. The van der Waals surface area contributed by atoms with Crippen molar-refractivity contribution in [3.63, 3.8) is 0 Å². The summed E-state index contributed by atoms with van der Waals surface area (Å²) in [4.78, 5) is 11.1. The first kappa shape index (κ1) is 17.5. The molecule has 0 unspecified atom stereocenters. The van der Waals surface area contributed by atoms with Crippen molar-refractivity contribution in [2.45, 2.75) is 37.6 Å². The molecule has 0 spiro atoms. The third-order valence-corrected chi connectivity index (χ3v) is 5.21. The summed E-state index contributed by atoms with van der Waals surface area (Å²) in [7, 11) is 1.70. The van der Waals surface area contributed by atoms with Crippen LogP contribution in [-0.2, 0) is 12.0 Å². The molecule has 25 heavy (non-hydrogen) atoms. The second-order valence-corrected chi connectivity index (χ2v) is 6.83. The lowest BCUT2D eigenvalue weighted by Crippen LogP contribution is -2.35. The van der Waals surface area contributed by atoms with Crippen LogP contribution in [0.1, 0.15) is 47.2 Å². The van der Waals surface area contributed by atoms with Gasteiger partial charge >= 0.3 is 5.97 Å². The number of carboxylic acids is 1. The van der Waals surface area contributed by atoms with Crippen LogP contribution in [0.5, 0.6) is 5.75 Å². The van der Waals surface area contributed by atoms with Crippen molar-refractivity contribution in [2.24, 2.45) is 0 Å². The Morgan fingerprint density at radius 3 is 2.64 bits per heavy atom. The average Bonchev–Trinajstić information content (AvgIpc) is 3.12. The highest BCUT2D eigenvalue weighted by atomic mass is 16.5. The third-order valence-electron chi connectivity index (χ3n) is 5.21. The summed E-state index contributed by atoms with van der Waals surface area (Å²) >= 11 is 0. The Labute approximate surface area is 148 Å². The molecule has 1 aliphatic rings. The first-order valence-electron chi connectivity index (χ1n) is 8.80. The summed E-state index contributed by atoms with van der Waals surface area (Å²) in [5.74, 6) is 0.0171. The van der Waals surface area contributed by atoms with E-state index in [9.17, 15) is 4.79 Å². The Kier molecular flexibility index (Phi) is 5.39. The van der Waals surface area contributed by atoms with Crippen LogP contribution in [0, 0.1) is 0 Å². The number of aromatic carboxylic acids is 1. The molecule has 2 aromatic rings. The number of ether oxygens (including phenoxy) is 1. The Morgan fingerprint density at radius 1 is 1.16 bits per heavy atom. The highest BCUT2D eigenvalue weighted by Crippen LogP contribution is 2.41. The molecule has 4 nitrogen and oxygen atoms in total. The van der Waals surface area contributed by atoms with Crippen molar-refractivity contribution >= 4 is 5.97 Å². The maximum atomic E-state index is 11.1. The van der Waals surface area contributed by atoms with Crippen LogP contribution in [0.25, 0.3) is 0 Å². The van der Waals surface area contributed by atoms with E-state index in [2.05, 4.69) is 23.5 Å². The molecule has 0 saturated heterocycles. The molecule has 0 aliphatic heterocycles. The first-order chi connectivity index (χ1) is 12.1. The van der Waals surface area contributed by atoms with Crippen molar-refractivity contribution in [3.8, 4) is 5.75 Å². The molecule has 2 N–H and O–H groups in total. The van der Waals surface area contributed by atoms with Gasteiger partial charge in [-0.05, 0) is 48.2 Å². The van der Waals surface area contributed by atoms with Gasteiger partial charge in [-0.15, -0.1) is 0 Å². The topological polar surface area (TPSA) is 58.6 Å². The quantitative estimate of drug-likeness (QED) is 0.801. The minimum Gasteiger partial charge on any atom is -0.497 e. The summed E-state index contributed by atoms with van der Waals surface area (Å²) in [6, 6.07) is 15.5. The molecule has 0 atom stereocenters. The molecule has 1 saturated carbocycles. The van der Waals surface area contributed by atoms with Gasteiger partial charge in [0.05, 0.1) is 12.7 Å². The SMILES string of the molecule is COc1cccc(C2(CNCc3cccc(C(=O)O)c3)CCCC2)c1. The molecule has 132 valence electrons. The minimum absolute atomic E-state index is 0.138. The van der Waals surface area contributed by atoms with Crippen molar-refractivity contribution in [3.05, 3.63) is 65.2 Å². The molecule has 4 heteroatoms. The van der Waals surface area contributed by atoms with Gasteiger partial charge in [0, 0.05) is 18.5 Å². The van der Waals surface area contributed by atoms with E-state index < -0.39 is 5.97 Å². The van der Waals surface area contributed by atoms with Gasteiger partial charge in [0.15, 0.2) is 0 Å². The van der Waals surface area contributed by atoms with Gasteiger partial charge in [0.1, 0.15) is 5.75 Å². The van der Waals surface area contributed by atoms with Crippen LogP contribution in [0.15, 0.2) is 48.5 Å². The fourth-order valence-corrected chi connectivity index (χ4v) is 3.83. The molecule has 1 fully saturated rings. The molecular formula is C21H25NO3. The van der Waals surface area contributed by atoms with Gasteiger partial charge in [-0.3, -0.25) is 0 Å². The predicted octanol–water partition coefficient (Wildman–Crippen LogP) is 4.00. The maximum absolute atomic E-state index is 11.1. The number of carbonyl (C=O) groups is 1. The zero-order valence-electron chi connectivity index (χ0n) is 14.6. The number of hydrogen-bond donors (Lipinski definition) is 2. The molecule has 0 radical (unpaired) electrons. The van der Waals surface area contributed by atoms with E-state index in [4.69, 9.17) is 9.84 Å². The van der Waals surface area contributed by atoms with E-state index in [1.807, 2.05) is 12.1 Å². The number of nitrogens with one attached hydrogen (secondary N) is 1. The second-order valence-electron chi connectivity index (χ2n) is 6.83. The van der Waals surface area contributed by atoms with Crippen LogP contribution in [0.3, 0.4) is 0 Å². The van der Waals surface area contributed by atoms with E-state index in [1.54, 1.807) is 25.3 Å². The van der Waals surface area contributed by atoms with Crippen molar-refractivity contribution in [1.29, 1.82) is 0 Å². The largest absolute Gasteiger partial charge is 0.497 e. The molecule has 0 bridgehead atoms. The minimum atomic E-state index is -0.884. The monoisotopic (exact) mass is 339 g/mol. The van der Waals surface area contributed by atoms with Crippen molar-refractivity contribution in [2.75, 3.05) is 13.7 Å². The maximum Gasteiger partial charge on any atom is 0.335 e. The lowest BCUT2D eigenvalue weighted by Gasteiger charge is -2.30. The predicted molar refractivity (Wildman–Crippen MR) is 98.2 cm³/mol. The third kappa shape index (κ3) is 4.02. The Morgan fingerprint density at radius 2 is 1.92 bits per heavy atom. The summed E-state index contributed by atoms with van der Waals surface area (Å²) < 4.78 is 5.39. The highest BCUT2D eigenvalue weighted by molar-refractivity contribution is 5.87.